The first-order valence-electron chi connectivity index (χ1n) is 8.34. The number of nitrogens with one attached hydrogen (secondary N) is 2. The standard InChI is InChI=1S/C17H17N5O2S3/c1-10-9-26-16(18-10)20-14(23)8-22-5-4-11-13(7-22)27-17(19-11)21-15(24)12-3-2-6-25-12/h2-3,6,9H,4-5,7-8H2,1H3,(H,18,20,23)(H,19,21,24). The van der Waals surface area contributed by atoms with Gasteiger partial charge in [0.2, 0.25) is 5.91 Å². The zero-order valence-electron chi connectivity index (χ0n) is 14.5. The third kappa shape index (κ3) is 4.41. The highest BCUT2D eigenvalue weighted by molar-refractivity contribution is 7.16. The van der Waals surface area contributed by atoms with E-state index in [1.165, 1.54) is 34.0 Å². The summed E-state index contributed by atoms with van der Waals surface area (Å²) in [7, 11) is 0. The van der Waals surface area contributed by atoms with Crippen LogP contribution in [0.25, 0.3) is 0 Å². The van der Waals surface area contributed by atoms with Crippen LogP contribution >= 0.6 is 34.0 Å². The van der Waals surface area contributed by atoms with E-state index in [1.807, 2.05) is 23.8 Å². The molecule has 0 aliphatic carbocycles. The van der Waals surface area contributed by atoms with Gasteiger partial charge in [0.1, 0.15) is 0 Å². The van der Waals surface area contributed by atoms with Crippen LogP contribution in [0.1, 0.15) is 25.9 Å². The molecule has 3 aromatic heterocycles. The summed E-state index contributed by atoms with van der Waals surface area (Å²) in [6.07, 6.45) is 0.768. The largest absolute Gasteiger partial charge is 0.301 e. The first-order valence-corrected chi connectivity index (χ1v) is 10.9. The van der Waals surface area contributed by atoms with E-state index < -0.39 is 0 Å². The normalized spacial score (nSPS) is 14.0. The molecule has 0 radical (unpaired) electrons. The number of hydrogen-bond donors (Lipinski definition) is 2. The van der Waals surface area contributed by atoms with Gasteiger partial charge >= 0.3 is 0 Å². The number of carbonyl (C=O) groups is 2. The van der Waals surface area contributed by atoms with E-state index >= 15 is 0 Å². The molecule has 2 amide bonds. The van der Waals surface area contributed by atoms with E-state index in [1.54, 1.807) is 6.07 Å². The van der Waals surface area contributed by atoms with Crippen LogP contribution in [0.5, 0.6) is 0 Å². The number of amides is 2. The summed E-state index contributed by atoms with van der Waals surface area (Å²) >= 11 is 4.31. The molecule has 0 saturated heterocycles. The van der Waals surface area contributed by atoms with Crippen molar-refractivity contribution in [2.24, 2.45) is 0 Å². The number of thiazole rings is 2. The maximum Gasteiger partial charge on any atom is 0.267 e. The second kappa shape index (κ2) is 7.85. The fourth-order valence-electron chi connectivity index (χ4n) is 2.78. The van der Waals surface area contributed by atoms with Crippen LogP contribution in [0.15, 0.2) is 22.9 Å². The zero-order valence-corrected chi connectivity index (χ0v) is 17.0. The predicted octanol–water partition coefficient (Wildman–Crippen LogP) is 3.22. The number of thiophene rings is 1. The molecule has 0 unspecified atom stereocenters. The number of nitrogens with zero attached hydrogens (tertiary/aromatic N) is 3. The number of rotatable bonds is 5. The Morgan fingerprint density at radius 3 is 2.85 bits per heavy atom. The molecular formula is C17H17N5O2S3. The lowest BCUT2D eigenvalue weighted by Crippen LogP contribution is -2.36. The Balaban J connectivity index is 1.35. The average molecular weight is 420 g/mol. The SMILES string of the molecule is Cc1csc(NC(=O)CN2CCc3nc(NC(=O)c4cccs4)sc3C2)n1. The molecular weight excluding hydrogens is 402 g/mol. The van der Waals surface area contributed by atoms with Gasteiger partial charge in [0, 0.05) is 29.8 Å². The third-order valence-corrected chi connectivity index (χ3v) is 6.75. The molecule has 1 aliphatic heterocycles. The molecule has 140 valence electrons. The highest BCUT2D eigenvalue weighted by Gasteiger charge is 2.23. The van der Waals surface area contributed by atoms with Crippen molar-refractivity contribution in [3.05, 3.63) is 44.0 Å². The molecule has 0 fully saturated rings. The van der Waals surface area contributed by atoms with Gasteiger partial charge in [-0.3, -0.25) is 19.8 Å². The van der Waals surface area contributed by atoms with E-state index in [-0.39, 0.29) is 11.8 Å². The van der Waals surface area contributed by atoms with Gasteiger partial charge in [0.25, 0.3) is 5.91 Å². The van der Waals surface area contributed by atoms with E-state index in [2.05, 4.69) is 25.5 Å². The highest BCUT2D eigenvalue weighted by atomic mass is 32.1. The van der Waals surface area contributed by atoms with Crippen LogP contribution in [-0.4, -0.2) is 39.8 Å². The molecule has 0 spiro atoms. The van der Waals surface area contributed by atoms with Crippen LogP contribution in [0.3, 0.4) is 0 Å². The van der Waals surface area contributed by atoms with E-state index in [0.717, 1.165) is 29.2 Å². The Morgan fingerprint density at radius 2 is 2.11 bits per heavy atom. The first-order chi connectivity index (χ1) is 13.1. The quantitative estimate of drug-likeness (QED) is 0.663. The fourth-order valence-corrected chi connectivity index (χ4v) is 5.15. The minimum Gasteiger partial charge on any atom is -0.301 e. The van der Waals surface area contributed by atoms with Gasteiger partial charge in [-0.05, 0) is 18.4 Å². The number of carbonyl (C=O) groups excluding carboxylic acids is 2. The van der Waals surface area contributed by atoms with Gasteiger partial charge in [-0.25, -0.2) is 9.97 Å². The number of aromatic nitrogens is 2. The molecule has 0 aromatic carbocycles. The summed E-state index contributed by atoms with van der Waals surface area (Å²) in [5.41, 5.74) is 1.91. The van der Waals surface area contributed by atoms with Crippen molar-refractivity contribution in [3.63, 3.8) is 0 Å². The summed E-state index contributed by atoms with van der Waals surface area (Å²) in [6.45, 7) is 3.63. The van der Waals surface area contributed by atoms with Crippen molar-refractivity contribution in [1.82, 2.24) is 14.9 Å². The van der Waals surface area contributed by atoms with Gasteiger partial charge in [-0.2, -0.15) is 0 Å². The lowest BCUT2D eigenvalue weighted by Gasteiger charge is -2.24. The molecule has 4 heterocycles. The van der Waals surface area contributed by atoms with Crippen LogP contribution in [0, 0.1) is 6.92 Å². The lowest BCUT2D eigenvalue weighted by molar-refractivity contribution is -0.117. The number of fused-ring (bicyclic) bond motifs is 1. The molecule has 0 atom stereocenters. The van der Waals surface area contributed by atoms with Crippen molar-refractivity contribution in [1.29, 1.82) is 0 Å². The second-order valence-electron chi connectivity index (χ2n) is 6.12. The summed E-state index contributed by atoms with van der Waals surface area (Å²) in [4.78, 5) is 37.0. The molecule has 0 saturated carbocycles. The first kappa shape index (κ1) is 18.2. The van der Waals surface area contributed by atoms with E-state index in [9.17, 15) is 9.59 Å². The fraction of sp³-hybridized carbons (Fsp3) is 0.294. The van der Waals surface area contributed by atoms with Crippen LogP contribution in [-0.2, 0) is 17.8 Å². The van der Waals surface area contributed by atoms with Crippen molar-refractivity contribution >= 4 is 56.1 Å². The number of hydrogen-bond acceptors (Lipinski definition) is 8. The second-order valence-corrected chi connectivity index (χ2v) is 9.01. The van der Waals surface area contributed by atoms with Gasteiger partial charge in [0.05, 0.1) is 22.8 Å². The molecule has 3 aromatic rings. The van der Waals surface area contributed by atoms with Crippen LogP contribution in [0.4, 0.5) is 10.3 Å². The molecule has 7 nitrogen and oxygen atoms in total. The third-order valence-electron chi connectivity index (χ3n) is 4.01. The van der Waals surface area contributed by atoms with Crippen molar-refractivity contribution in [2.75, 3.05) is 23.7 Å². The maximum atomic E-state index is 12.2. The number of aryl methyl sites for hydroxylation is 1. The predicted molar refractivity (Wildman–Crippen MR) is 109 cm³/mol. The summed E-state index contributed by atoms with van der Waals surface area (Å²) < 4.78 is 0. The van der Waals surface area contributed by atoms with Gasteiger partial charge in [-0.15, -0.1) is 34.0 Å². The van der Waals surface area contributed by atoms with E-state index in [4.69, 9.17) is 0 Å². The monoisotopic (exact) mass is 419 g/mol. The zero-order chi connectivity index (χ0) is 18.8. The molecule has 10 heteroatoms. The summed E-state index contributed by atoms with van der Waals surface area (Å²) in [5.74, 6) is -0.199. The Hall–Kier alpha value is -2.14. The Bertz CT molecular complexity index is 963. The molecule has 1 aliphatic rings. The Kier molecular flexibility index (Phi) is 5.30. The van der Waals surface area contributed by atoms with Crippen LogP contribution in [0.2, 0.25) is 0 Å². The van der Waals surface area contributed by atoms with Crippen molar-refractivity contribution in [2.45, 2.75) is 19.9 Å². The lowest BCUT2D eigenvalue weighted by atomic mass is 10.2. The molecule has 0 bridgehead atoms. The molecule has 4 rings (SSSR count). The highest BCUT2D eigenvalue weighted by Crippen LogP contribution is 2.29. The Labute approximate surface area is 168 Å². The summed E-state index contributed by atoms with van der Waals surface area (Å²) in [6, 6.07) is 3.64. The van der Waals surface area contributed by atoms with Crippen molar-refractivity contribution in [3.8, 4) is 0 Å². The van der Waals surface area contributed by atoms with Crippen LogP contribution < -0.4 is 10.6 Å². The van der Waals surface area contributed by atoms with Crippen molar-refractivity contribution < 1.29 is 9.59 Å². The van der Waals surface area contributed by atoms with Gasteiger partial charge in [0.15, 0.2) is 10.3 Å². The van der Waals surface area contributed by atoms with Gasteiger partial charge < -0.3 is 5.32 Å². The summed E-state index contributed by atoms with van der Waals surface area (Å²) in [5, 5.41) is 10.7. The number of anilines is 2. The smallest absolute Gasteiger partial charge is 0.267 e. The minimum atomic E-state index is -0.133. The minimum absolute atomic E-state index is 0.0662. The average Bonchev–Trinajstić information content (AvgIpc) is 3.35. The van der Waals surface area contributed by atoms with Gasteiger partial charge in [-0.1, -0.05) is 6.07 Å². The maximum absolute atomic E-state index is 12.2. The molecule has 27 heavy (non-hydrogen) atoms. The molecule has 2 N–H and O–H groups in total. The Morgan fingerprint density at radius 1 is 1.22 bits per heavy atom. The van der Waals surface area contributed by atoms with E-state index in [0.29, 0.717) is 28.2 Å². The topological polar surface area (TPSA) is 87.2 Å².